The third-order valence-corrected chi connectivity index (χ3v) is 13.8. The highest BCUT2D eigenvalue weighted by Gasteiger charge is 2.71. The maximum Gasteiger partial charge on any atom is 0.302 e. The van der Waals surface area contributed by atoms with Gasteiger partial charge in [-0.3, -0.25) is 4.79 Å². The molecule has 0 spiro atoms. The van der Waals surface area contributed by atoms with Crippen LogP contribution in [-0.4, -0.2) is 45.2 Å². The van der Waals surface area contributed by atoms with E-state index in [-0.39, 0.29) is 35.7 Å². The predicted molar refractivity (Wildman–Crippen MR) is 144 cm³/mol. The van der Waals surface area contributed by atoms with Crippen LogP contribution in [-0.2, 0) is 9.53 Å². The third kappa shape index (κ3) is 3.90. The molecule has 0 bridgehead atoms. The highest BCUT2D eigenvalue weighted by Crippen LogP contribution is 2.72. The standard InChI is InChI=1S/C32H54O5/c1-17(2)19(4)29(6)15-25(29)18(3)23-9-10-24-22-13-27(35)32(36)14-21(34)11-12-31(32,8)28(22)26(37-20(5)33)16-30(23,24)7/h17-19,21-28,34-36H,9-16H2,1-8H3/t18-,19+,21-,22?,23+,24?,25?,26+,27+,28?,29+,30+,31+,32-/m0/s1. The molecule has 0 heterocycles. The predicted octanol–water partition coefficient (Wildman–Crippen LogP) is 5.59. The third-order valence-electron chi connectivity index (χ3n) is 13.8. The van der Waals surface area contributed by atoms with Gasteiger partial charge in [-0.25, -0.2) is 0 Å². The van der Waals surface area contributed by atoms with Crippen molar-refractivity contribution in [1.29, 1.82) is 0 Å². The second-order valence-electron chi connectivity index (χ2n) is 15.5. The van der Waals surface area contributed by atoms with Crippen LogP contribution in [0.1, 0.15) is 107 Å². The van der Waals surface area contributed by atoms with Crippen molar-refractivity contribution in [2.75, 3.05) is 0 Å². The van der Waals surface area contributed by atoms with Crippen LogP contribution in [0, 0.1) is 63.6 Å². The lowest BCUT2D eigenvalue weighted by Gasteiger charge is -2.66. The van der Waals surface area contributed by atoms with Gasteiger partial charge >= 0.3 is 5.97 Å². The minimum absolute atomic E-state index is 0.0107. The Morgan fingerprint density at radius 2 is 1.62 bits per heavy atom. The molecule has 3 N–H and O–H groups in total. The van der Waals surface area contributed by atoms with Gasteiger partial charge in [-0.1, -0.05) is 48.5 Å². The Morgan fingerprint density at radius 3 is 2.24 bits per heavy atom. The van der Waals surface area contributed by atoms with Gasteiger partial charge in [-0.15, -0.1) is 0 Å². The zero-order chi connectivity index (χ0) is 27.3. The molecule has 0 aliphatic heterocycles. The average Bonchev–Trinajstić information content (AvgIpc) is 3.37. The van der Waals surface area contributed by atoms with Gasteiger partial charge in [0.15, 0.2) is 0 Å². The molecule has 0 aromatic carbocycles. The van der Waals surface area contributed by atoms with E-state index >= 15 is 0 Å². The van der Waals surface area contributed by atoms with E-state index in [0.29, 0.717) is 54.3 Å². The van der Waals surface area contributed by atoms with Crippen molar-refractivity contribution >= 4 is 5.97 Å². The second-order valence-corrected chi connectivity index (χ2v) is 15.5. The zero-order valence-corrected chi connectivity index (χ0v) is 24.7. The van der Waals surface area contributed by atoms with Crippen molar-refractivity contribution in [2.45, 2.75) is 131 Å². The van der Waals surface area contributed by atoms with Crippen molar-refractivity contribution < 1.29 is 24.9 Å². The summed E-state index contributed by atoms with van der Waals surface area (Å²) in [5.41, 5.74) is -1.44. The number of rotatable bonds is 5. The fourth-order valence-electron chi connectivity index (χ4n) is 11.3. The zero-order valence-electron chi connectivity index (χ0n) is 24.7. The van der Waals surface area contributed by atoms with Gasteiger partial charge in [0.2, 0.25) is 0 Å². The van der Waals surface area contributed by atoms with E-state index in [1.165, 1.54) is 19.8 Å². The van der Waals surface area contributed by atoms with Crippen molar-refractivity contribution in [3.63, 3.8) is 0 Å². The number of esters is 1. The minimum Gasteiger partial charge on any atom is -0.462 e. The Morgan fingerprint density at radius 1 is 0.946 bits per heavy atom. The fraction of sp³-hybridized carbons (Fsp3) is 0.969. The summed E-state index contributed by atoms with van der Waals surface area (Å²) in [6.07, 6.45) is 4.84. The largest absolute Gasteiger partial charge is 0.462 e. The molecule has 14 atom stereocenters. The van der Waals surface area contributed by atoms with E-state index in [1.807, 2.05) is 0 Å². The highest BCUT2D eigenvalue weighted by atomic mass is 16.5. The van der Waals surface area contributed by atoms with Crippen LogP contribution in [0.15, 0.2) is 0 Å². The topological polar surface area (TPSA) is 87.0 Å². The van der Waals surface area contributed by atoms with Crippen LogP contribution in [0.2, 0.25) is 0 Å². The van der Waals surface area contributed by atoms with Gasteiger partial charge in [-0.2, -0.15) is 0 Å². The summed E-state index contributed by atoms with van der Waals surface area (Å²) in [5.74, 6) is 3.80. The van der Waals surface area contributed by atoms with Gasteiger partial charge < -0.3 is 20.1 Å². The Bertz CT molecular complexity index is 904. The first-order valence-electron chi connectivity index (χ1n) is 15.4. The average molecular weight is 519 g/mol. The number of hydrogen-bond acceptors (Lipinski definition) is 5. The molecule has 0 saturated heterocycles. The van der Waals surface area contributed by atoms with Crippen molar-refractivity contribution in [3.8, 4) is 0 Å². The molecule has 37 heavy (non-hydrogen) atoms. The summed E-state index contributed by atoms with van der Waals surface area (Å²) in [6.45, 7) is 18.2. The summed E-state index contributed by atoms with van der Waals surface area (Å²) >= 11 is 0. The smallest absolute Gasteiger partial charge is 0.302 e. The second kappa shape index (κ2) is 8.93. The molecule has 4 unspecified atom stereocenters. The minimum atomic E-state index is -1.34. The van der Waals surface area contributed by atoms with Crippen LogP contribution in [0.5, 0.6) is 0 Å². The first-order valence-corrected chi connectivity index (χ1v) is 15.4. The number of fused-ring (bicyclic) bond motifs is 5. The molecule has 5 fully saturated rings. The summed E-state index contributed by atoms with van der Waals surface area (Å²) in [7, 11) is 0. The van der Waals surface area contributed by atoms with Gasteiger partial charge in [-0.05, 0) is 97.2 Å². The maximum absolute atomic E-state index is 12.4. The summed E-state index contributed by atoms with van der Waals surface area (Å²) in [4.78, 5) is 12.4. The quantitative estimate of drug-likeness (QED) is 0.413. The molecular formula is C32H54O5. The Kier molecular flexibility index (Phi) is 6.73. The van der Waals surface area contributed by atoms with Crippen LogP contribution >= 0.6 is 0 Å². The monoisotopic (exact) mass is 518 g/mol. The molecule has 212 valence electrons. The lowest BCUT2D eigenvalue weighted by Crippen LogP contribution is -2.71. The molecule has 5 aliphatic rings. The first kappa shape index (κ1) is 27.9. The normalized spacial score (nSPS) is 54.6. The summed E-state index contributed by atoms with van der Waals surface area (Å²) in [5, 5.41) is 33.8. The number of carbonyl (C=O) groups excluding carboxylic acids is 1. The van der Waals surface area contributed by atoms with Crippen LogP contribution in [0.3, 0.4) is 0 Å². The number of carbonyl (C=O) groups is 1. The van der Waals surface area contributed by atoms with E-state index in [4.69, 9.17) is 4.74 Å². The van der Waals surface area contributed by atoms with Gasteiger partial charge in [0.1, 0.15) is 6.10 Å². The van der Waals surface area contributed by atoms with E-state index in [9.17, 15) is 20.1 Å². The number of ether oxygens (including phenoxy) is 1. The van der Waals surface area contributed by atoms with Crippen molar-refractivity contribution in [1.82, 2.24) is 0 Å². The molecule has 0 aromatic heterocycles. The van der Waals surface area contributed by atoms with Crippen LogP contribution < -0.4 is 0 Å². The van der Waals surface area contributed by atoms with Crippen LogP contribution in [0.25, 0.3) is 0 Å². The maximum atomic E-state index is 12.4. The van der Waals surface area contributed by atoms with Crippen molar-refractivity contribution in [3.05, 3.63) is 0 Å². The molecule has 0 amide bonds. The summed E-state index contributed by atoms with van der Waals surface area (Å²) in [6, 6.07) is 0. The molecule has 0 aromatic rings. The molecule has 5 rings (SSSR count). The molecule has 5 nitrogen and oxygen atoms in total. The Balaban J connectivity index is 1.48. The SMILES string of the molecule is CC(=O)O[C@@H]1C[C@@]2(C)C(CC[C@@H]2[C@H](C)C2C[C@]2(C)[C@H](C)C(C)C)C2C[C@@H](O)[C@@]3(O)C[C@@H](O)CC[C@]3(C)C21. The molecular weight excluding hydrogens is 464 g/mol. The number of hydrogen-bond donors (Lipinski definition) is 3. The van der Waals surface area contributed by atoms with Crippen molar-refractivity contribution in [2.24, 2.45) is 63.6 Å². The van der Waals surface area contributed by atoms with E-state index in [1.54, 1.807) is 0 Å². The fourth-order valence-corrected chi connectivity index (χ4v) is 11.3. The van der Waals surface area contributed by atoms with E-state index in [2.05, 4.69) is 48.5 Å². The first-order chi connectivity index (χ1) is 17.1. The lowest BCUT2D eigenvalue weighted by atomic mass is 9.41. The molecule has 5 aliphatic carbocycles. The van der Waals surface area contributed by atoms with E-state index < -0.39 is 23.2 Å². The van der Waals surface area contributed by atoms with Gasteiger partial charge in [0.25, 0.3) is 0 Å². The Labute approximate surface area is 225 Å². The van der Waals surface area contributed by atoms with Crippen LogP contribution in [0.4, 0.5) is 0 Å². The molecule has 5 heteroatoms. The van der Waals surface area contributed by atoms with Gasteiger partial charge in [0, 0.05) is 24.7 Å². The summed E-state index contributed by atoms with van der Waals surface area (Å²) < 4.78 is 6.18. The van der Waals surface area contributed by atoms with Gasteiger partial charge in [0.05, 0.1) is 17.8 Å². The highest BCUT2D eigenvalue weighted by molar-refractivity contribution is 5.66. The Hall–Kier alpha value is -0.650. The number of aliphatic hydroxyl groups is 3. The molecule has 0 radical (unpaired) electrons. The lowest BCUT2D eigenvalue weighted by molar-refractivity contribution is -0.284. The number of aliphatic hydroxyl groups excluding tert-OH is 2. The molecule has 5 saturated carbocycles. The van der Waals surface area contributed by atoms with E-state index in [0.717, 1.165) is 18.8 Å².